The molecule has 0 aliphatic heterocycles. The zero-order chi connectivity index (χ0) is 9.10. The van der Waals surface area contributed by atoms with Gasteiger partial charge < -0.3 is 0 Å². The van der Waals surface area contributed by atoms with Crippen molar-refractivity contribution < 1.29 is 0 Å². The maximum absolute atomic E-state index is 3.91. The fourth-order valence-corrected chi connectivity index (χ4v) is 1.31. The van der Waals surface area contributed by atoms with Crippen molar-refractivity contribution in [1.29, 1.82) is 0 Å². The van der Waals surface area contributed by atoms with Crippen molar-refractivity contribution >= 4 is 0 Å². The van der Waals surface area contributed by atoms with Gasteiger partial charge in [0.15, 0.2) is 0 Å². The van der Waals surface area contributed by atoms with Gasteiger partial charge in [0, 0.05) is 6.20 Å². The van der Waals surface area contributed by atoms with Crippen LogP contribution in [0.15, 0.2) is 36.7 Å². The Labute approximate surface area is 77.0 Å². The van der Waals surface area contributed by atoms with Crippen LogP contribution in [0.5, 0.6) is 0 Å². The average molecular weight is 173 g/mol. The highest BCUT2D eigenvalue weighted by Crippen LogP contribution is 2.04. The second-order valence-corrected chi connectivity index (χ2v) is 3.09. The summed E-state index contributed by atoms with van der Waals surface area (Å²) >= 11 is 0. The largest absolute Gasteiger partial charge is 0.248 e. The van der Waals surface area contributed by atoms with Crippen LogP contribution in [-0.4, -0.2) is 15.0 Å². The Bertz CT molecular complexity index is 379. The first-order valence-electron chi connectivity index (χ1n) is 4.24. The molecule has 3 heteroatoms. The lowest BCUT2D eigenvalue weighted by molar-refractivity contribution is 0.649. The molecule has 0 spiro atoms. The van der Waals surface area contributed by atoms with Gasteiger partial charge in [-0.1, -0.05) is 35.0 Å². The van der Waals surface area contributed by atoms with Crippen LogP contribution in [0.3, 0.4) is 0 Å². The lowest BCUT2D eigenvalue weighted by Gasteiger charge is -2.01. The summed E-state index contributed by atoms with van der Waals surface area (Å²) in [4.78, 5) is 0. The molecule has 0 aliphatic carbocycles. The summed E-state index contributed by atoms with van der Waals surface area (Å²) < 4.78 is 1.81. The number of hydrogen-bond acceptors (Lipinski definition) is 2. The minimum atomic E-state index is 0.793. The second kappa shape index (κ2) is 3.39. The molecule has 3 nitrogen and oxygen atoms in total. The van der Waals surface area contributed by atoms with Crippen LogP contribution in [0.25, 0.3) is 0 Å². The predicted molar refractivity (Wildman–Crippen MR) is 50.3 cm³/mol. The third-order valence-corrected chi connectivity index (χ3v) is 1.90. The van der Waals surface area contributed by atoms with E-state index in [0.29, 0.717) is 0 Å². The molecule has 0 fully saturated rings. The van der Waals surface area contributed by atoms with Gasteiger partial charge in [-0.25, -0.2) is 4.68 Å². The standard InChI is InChI=1S/C10H11N3/c1-9-3-2-4-10(7-9)8-13-6-5-11-12-13/h2-7H,8H2,1H3. The van der Waals surface area contributed by atoms with Crippen molar-refractivity contribution in [2.45, 2.75) is 13.5 Å². The van der Waals surface area contributed by atoms with Crippen molar-refractivity contribution in [2.24, 2.45) is 0 Å². The molecule has 0 atom stereocenters. The summed E-state index contributed by atoms with van der Waals surface area (Å²) in [6.07, 6.45) is 3.55. The van der Waals surface area contributed by atoms with Crippen LogP contribution in [0.2, 0.25) is 0 Å². The normalized spacial score (nSPS) is 10.2. The SMILES string of the molecule is Cc1cccc(Cn2ccnn2)c1. The molecule has 2 aromatic rings. The second-order valence-electron chi connectivity index (χ2n) is 3.09. The van der Waals surface area contributed by atoms with Gasteiger partial charge >= 0.3 is 0 Å². The molecule has 1 aromatic heterocycles. The van der Waals surface area contributed by atoms with Crippen molar-refractivity contribution in [2.75, 3.05) is 0 Å². The molecule has 0 N–H and O–H groups in total. The Balaban J connectivity index is 2.19. The van der Waals surface area contributed by atoms with Crippen molar-refractivity contribution in [3.63, 3.8) is 0 Å². The summed E-state index contributed by atoms with van der Waals surface area (Å²) in [5.74, 6) is 0. The Morgan fingerprint density at radius 2 is 2.31 bits per heavy atom. The molecular formula is C10H11N3. The molecule has 0 amide bonds. The molecule has 0 bridgehead atoms. The summed E-state index contributed by atoms with van der Waals surface area (Å²) in [5.41, 5.74) is 2.53. The van der Waals surface area contributed by atoms with Crippen molar-refractivity contribution in [1.82, 2.24) is 15.0 Å². The van der Waals surface area contributed by atoms with E-state index in [0.717, 1.165) is 6.54 Å². The Hall–Kier alpha value is -1.64. The first-order chi connectivity index (χ1) is 6.34. The summed E-state index contributed by atoms with van der Waals surface area (Å²) in [6.45, 7) is 2.88. The number of hydrogen-bond donors (Lipinski definition) is 0. The molecule has 13 heavy (non-hydrogen) atoms. The first kappa shape index (κ1) is 7.98. The first-order valence-corrected chi connectivity index (χ1v) is 4.24. The minimum Gasteiger partial charge on any atom is -0.248 e. The topological polar surface area (TPSA) is 30.7 Å². The average Bonchev–Trinajstić information content (AvgIpc) is 2.57. The number of aromatic nitrogens is 3. The smallest absolute Gasteiger partial charge is 0.0693 e. The number of benzene rings is 1. The zero-order valence-electron chi connectivity index (χ0n) is 7.51. The van der Waals surface area contributed by atoms with Crippen molar-refractivity contribution in [3.8, 4) is 0 Å². The Morgan fingerprint density at radius 1 is 1.38 bits per heavy atom. The van der Waals surface area contributed by atoms with Crippen molar-refractivity contribution in [3.05, 3.63) is 47.8 Å². The highest BCUT2D eigenvalue weighted by atomic mass is 15.4. The predicted octanol–water partition coefficient (Wildman–Crippen LogP) is 1.63. The van der Waals surface area contributed by atoms with E-state index in [-0.39, 0.29) is 0 Å². The monoisotopic (exact) mass is 173 g/mol. The highest BCUT2D eigenvalue weighted by molar-refractivity contribution is 5.22. The van der Waals surface area contributed by atoms with Gasteiger partial charge in [0.1, 0.15) is 0 Å². The molecule has 1 heterocycles. The molecule has 2 rings (SSSR count). The minimum absolute atomic E-state index is 0.793. The van der Waals surface area contributed by atoms with E-state index < -0.39 is 0 Å². The zero-order valence-corrected chi connectivity index (χ0v) is 7.51. The van der Waals surface area contributed by atoms with E-state index in [1.165, 1.54) is 11.1 Å². The van der Waals surface area contributed by atoms with E-state index in [2.05, 4.69) is 41.5 Å². The van der Waals surface area contributed by atoms with Gasteiger partial charge in [0.05, 0.1) is 12.7 Å². The van der Waals surface area contributed by atoms with E-state index >= 15 is 0 Å². The third kappa shape index (κ3) is 1.93. The Kier molecular flexibility index (Phi) is 2.08. The van der Waals surface area contributed by atoms with E-state index in [9.17, 15) is 0 Å². The van der Waals surface area contributed by atoms with E-state index in [1.54, 1.807) is 6.20 Å². The third-order valence-electron chi connectivity index (χ3n) is 1.90. The van der Waals surface area contributed by atoms with E-state index in [4.69, 9.17) is 0 Å². The van der Waals surface area contributed by atoms with E-state index in [1.807, 2.05) is 10.9 Å². The van der Waals surface area contributed by atoms with Crippen LogP contribution >= 0.6 is 0 Å². The maximum Gasteiger partial charge on any atom is 0.0693 e. The van der Waals surface area contributed by atoms with Gasteiger partial charge in [0.25, 0.3) is 0 Å². The van der Waals surface area contributed by atoms with Gasteiger partial charge in [-0.3, -0.25) is 0 Å². The lowest BCUT2D eigenvalue weighted by Crippen LogP contribution is -2.00. The van der Waals surface area contributed by atoms with Crippen LogP contribution < -0.4 is 0 Å². The molecule has 1 aromatic carbocycles. The van der Waals surface area contributed by atoms with Crippen LogP contribution in [-0.2, 0) is 6.54 Å². The fourth-order valence-electron chi connectivity index (χ4n) is 1.31. The molecule has 0 unspecified atom stereocenters. The van der Waals surface area contributed by atoms with Gasteiger partial charge in [-0.2, -0.15) is 0 Å². The molecule has 0 saturated heterocycles. The molecule has 0 saturated carbocycles. The summed E-state index contributed by atoms with van der Waals surface area (Å²) in [7, 11) is 0. The number of rotatable bonds is 2. The molecule has 0 aliphatic rings. The summed E-state index contributed by atoms with van der Waals surface area (Å²) in [6, 6.07) is 8.39. The molecular weight excluding hydrogens is 162 g/mol. The highest BCUT2D eigenvalue weighted by Gasteiger charge is 1.94. The molecule has 66 valence electrons. The maximum atomic E-state index is 3.91. The number of nitrogens with zero attached hydrogens (tertiary/aromatic N) is 3. The van der Waals surface area contributed by atoms with Gasteiger partial charge in [0.2, 0.25) is 0 Å². The summed E-state index contributed by atoms with van der Waals surface area (Å²) in [5, 5.41) is 7.66. The molecule has 0 radical (unpaired) electrons. The van der Waals surface area contributed by atoms with Crippen LogP contribution in [0, 0.1) is 6.92 Å². The van der Waals surface area contributed by atoms with Gasteiger partial charge in [-0.05, 0) is 12.5 Å². The van der Waals surface area contributed by atoms with Crippen LogP contribution in [0.4, 0.5) is 0 Å². The quantitative estimate of drug-likeness (QED) is 0.691. The lowest BCUT2D eigenvalue weighted by atomic mass is 10.1. The fraction of sp³-hybridized carbons (Fsp3) is 0.200. The van der Waals surface area contributed by atoms with Crippen LogP contribution in [0.1, 0.15) is 11.1 Å². The number of aryl methyl sites for hydroxylation is 1. The van der Waals surface area contributed by atoms with Gasteiger partial charge in [-0.15, -0.1) is 5.10 Å². The Morgan fingerprint density at radius 3 is 3.00 bits per heavy atom.